The average Bonchev–Trinajstić information content (AvgIpc) is 2.67. The predicted molar refractivity (Wildman–Crippen MR) is 115 cm³/mol. The first-order valence-electron chi connectivity index (χ1n) is 9.68. The van der Waals surface area contributed by atoms with Crippen molar-refractivity contribution in [1.82, 2.24) is 14.9 Å². The minimum Gasteiger partial charge on any atom is -0.449 e. The first-order chi connectivity index (χ1) is 14.1. The summed E-state index contributed by atoms with van der Waals surface area (Å²) in [5.74, 6) is -0.433. The maximum absolute atomic E-state index is 12.9. The molecule has 1 N–H and O–H groups in total. The van der Waals surface area contributed by atoms with Gasteiger partial charge in [-0.25, -0.2) is 9.78 Å². The highest BCUT2D eigenvalue weighted by atomic mass is 16.5. The van der Waals surface area contributed by atoms with Gasteiger partial charge in [-0.05, 0) is 71.0 Å². The summed E-state index contributed by atoms with van der Waals surface area (Å²) in [7, 11) is 0. The molecule has 156 valence electrons. The normalized spacial score (nSPS) is 12.4. The summed E-state index contributed by atoms with van der Waals surface area (Å²) < 4.78 is 6.76. The van der Waals surface area contributed by atoms with Gasteiger partial charge in [0.2, 0.25) is 0 Å². The molecule has 0 aliphatic carbocycles. The molecular weight excluding hydrogens is 382 g/mol. The van der Waals surface area contributed by atoms with Crippen LogP contribution in [0, 0.1) is 6.92 Å². The van der Waals surface area contributed by atoms with Crippen molar-refractivity contribution < 1.29 is 14.3 Å². The van der Waals surface area contributed by atoms with Crippen molar-refractivity contribution in [2.24, 2.45) is 0 Å². The highest BCUT2D eigenvalue weighted by Gasteiger charge is 2.23. The van der Waals surface area contributed by atoms with E-state index >= 15 is 0 Å². The smallest absolute Gasteiger partial charge is 0.338 e. The number of para-hydroxylation sites is 1. The molecule has 0 spiro atoms. The Kier molecular flexibility index (Phi) is 5.73. The largest absolute Gasteiger partial charge is 0.449 e. The zero-order valence-corrected chi connectivity index (χ0v) is 17.7. The molecule has 0 radical (unpaired) electrons. The molecule has 0 aliphatic heterocycles. The summed E-state index contributed by atoms with van der Waals surface area (Å²) in [6, 6.07) is 13.6. The number of aryl methyl sites for hydroxylation is 1. The summed E-state index contributed by atoms with van der Waals surface area (Å²) in [5, 5.41) is 3.29. The van der Waals surface area contributed by atoms with Gasteiger partial charge in [0, 0.05) is 5.54 Å². The van der Waals surface area contributed by atoms with Crippen molar-refractivity contribution in [1.29, 1.82) is 0 Å². The lowest BCUT2D eigenvalue weighted by Crippen LogP contribution is -2.46. The number of hydrogen-bond acceptors (Lipinski definition) is 5. The summed E-state index contributed by atoms with van der Waals surface area (Å²) in [6.07, 6.45) is -0.925. The molecule has 1 aromatic heterocycles. The van der Waals surface area contributed by atoms with E-state index in [1.807, 2.05) is 26.8 Å². The van der Waals surface area contributed by atoms with Crippen molar-refractivity contribution in [3.8, 4) is 5.69 Å². The lowest BCUT2D eigenvalue weighted by atomic mass is 10.1. The molecule has 0 bridgehead atoms. The van der Waals surface area contributed by atoms with Crippen molar-refractivity contribution in [3.05, 3.63) is 70.3 Å². The molecule has 0 unspecified atom stereocenters. The summed E-state index contributed by atoms with van der Waals surface area (Å²) in [4.78, 5) is 41.9. The Morgan fingerprint density at radius 3 is 2.33 bits per heavy atom. The molecule has 0 saturated carbocycles. The number of ether oxygens (including phenoxy) is 1. The number of hydrogen-bond donors (Lipinski definition) is 1. The van der Waals surface area contributed by atoms with Crippen molar-refractivity contribution in [2.75, 3.05) is 0 Å². The maximum Gasteiger partial charge on any atom is 0.338 e. The van der Waals surface area contributed by atoms with Gasteiger partial charge in [0.1, 0.15) is 5.82 Å². The number of aromatic nitrogens is 2. The van der Waals surface area contributed by atoms with Crippen LogP contribution in [-0.4, -0.2) is 33.1 Å². The van der Waals surface area contributed by atoms with Gasteiger partial charge in [0.25, 0.3) is 11.5 Å². The maximum atomic E-state index is 12.9. The van der Waals surface area contributed by atoms with Gasteiger partial charge in [0.05, 0.1) is 22.2 Å². The number of amides is 1. The standard InChI is InChI=1S/C23H25N3O4/c1-14(20(27)25-23(3,4)5)30-22(29)16-10-12-17(13-11-16)26-15(2)24-19-9-7-6-8-18(19)21(26)28/h6-14H,1-5H3,(H,25,27)/t14-/m0/s1. The van der Waals surface area contributed by atoms with E-state index in [4.69, 9.17) is 4.74 Å². The van der Waals surface area contributed by atoms with Gasteiger partial charge in [-0.3, -0.25) is 14.2 Å². The van der Waals surface area contributed by atoms with E-state index in [0.717, 1.165) is 0 Å². The predicted octanol–water partition coefficient (Wildman–Crippen LogP) is 3.15. The molecule has 3 aromatic rings. The molecule has 3 rings (SSSR count). The van der Waals surface area contributed by atoms with Gasteiger partial charge in [0.15, 0.2) is 6.10 Å². The fraction of sp³-hybridized carbons (Fsp3) is 0.304. The first-order valence-corrected chi connectivity index (χ1v) is 9.68. The molecule has 1 atom stereocenters. The Morgan fingerprint density at radius 2 is 1.70 bits per heavy atom. The van der Waals surface area contributed by atoms with Crippen LogP contribution >= 0.6 is 0 Å². The quantitative estimate of drug-likeness (QED) is 0.671. The zero-order valence-electron chi connectivity index (χ0n) is 17.7. The van der Waals surface area contributed by atoms with E-state index in [-0.39, 0.29) is 17.0 Å². The number of carbonyl (C=O) groups excluding carboxylic acids is 2. The number of esters is 1. The lowest BCUT2D eigenvalue weighted by molar-refractivity contribution is -0.130. The van der Waals surface area contributed by atoms with E-state index in [1.54, 1.807) is 49.4 Å². The van der Waals surface area contributed by atoms with Gasteiger partial charge in [-0.15, -0.1) is 0 Å². The minimum absolute atomic E-state index is 0.180. The van der Waals surface area contributed by atoms with E-state index in [2.05, 4.69) is 10.3 Å². The second-order valence-corrected chi connectivity index (χ2v) is 8.15. The molecular formula is C23H25N3O4. The molecule has 0 fully saturated rings. The number of carbonyl (C=O) groups is 2. The molecule has 0 saturated heterocycles. The zero-order chi connectivity index (χ0) is 22.1. The van der Waals surface area contributed by atoms with Crippen LogP contribution in [0.15, 0.2) is 53.3 Å². The second kappa shape index (κ2) is 8.10. The minimum atomic E-state index is -0.925. The summed E-state index contributed by atoms with van der Waals surface area (Å²) >= 11 is 0. The molecule has 7 nitrogen and oxygen atoms in total. The van der Waals surface area contributed by atoms with E-state index in [1.165, 1.54) is 11.5 Å². The highest BCUT2D eigenvalue weighted by Crippen LogP contribution is 2.14. The second-order valence-electron chi connectivity index (χ2n) is 8.15. The lowest BCUT2D eigenvalue weighted by Gasteiger charge is -2.23. The van der Waals surface area contributed by atoms with Gasteiger partial charge < -0.3 is 10.1 Å². The molecule has 7 heteroatoms. The number of fused-ring (bicyclic) bond motifs is 1. The molecule has 30 heavy (non-hydrogen) atoms. The van der Waals surface area contributed by atoms with Crippen LogP contribution in [0.5, 0.6) is 0 Å². The van der Waals surface area contributed by atoms with Gasteiger partial charge in [-0.1, -0.05) is 12.1 Å². The van der Waals surface area contributed by atoms with E-state index in [9.17, 15) is 14.4 Å². The van der Waals surface area contributed by atoms with E-state index in [0.29, 0.717) is 22.4 Å². The van der Waals surface area contributed by atoms with Crippen LogP contribution < -0.4 is 10.9 Å². The topological polar surface area (TPSA) is 90.3 Å². The van der Waals surface area contributed by atoms with Crippen molar-refractivity contribution >= 4 is 22.8 Å². The van der Waals surface area contributed by atoms with Crippen LogP contribution in [-0.2, 0) is 9.53 Å². The highest BCUT2D eigenvalue weighted by molar-refractivity contribution is 5.92. The third-order valence-corrected chi connectivity index (χ3v) is 4.46. The number of benzene rings is 2. The van der Waals surface area contributed by atoms with Crippen molar-refractivity contribution in [2.45, 2.75) is 46.3 Å². The summed E-state index contributed by atoms with van der Waals surface area (Å²) in [5.41, 5.74) is 0.914. The number of nitrogens with zero attached hydrogens (tertiary/aromatic N) is 2. The van der Waals surface area contributed by atoms with Gasteiger partial charge in [-0.2, -0.15) is 0 Å². The number of rotatable bonds is 4. The third-order valence-electron chi connectivity index (χ3n) is 4.46. The average molecular weight is 407 g/mol. The fourth-order valence-electron chi connectivity index (χ4n) is 3.05. The van der Waals surface area contributed by atoms with Crippen LogP contribution in [0.2, 0.25) is 0 Å². The number of nitrogens with one attached hydrogen (secondary N) is 1. The Labute approximate surface area is 174 Å². The van der Waals surface area contributed by atoms with Crippen LogP contribution in [0.4, 0.5) is 0 Å². The Bertz CT molecular complexity index is 1160. The molecule has 1 heterocycles. The Balaban J connectivity index is 1.82. The summed E-state index contributed by atoms with van der Waals surface area (Å²) in [6.45, 7) is 8.83. The van der Waals surface area contributed by atoms with Crippen molar-refractivity contribution in [3.63, 3.8) is 0 Å². The molecule has 1 amide bonds. The van der Waals surface area contributed by atoms with Crippen LogP contribution in [0.3, 0.4) is 0 Å². The Morgan fingerprint density at radius 1 is 1.07 bits per heavy atom. The van der Waals surface area contributed by atoms with Crippen LogP contribution in [0.1, 0.15) is 43.9 Å². The van der Waals surface area contributed by atoms with Crippen LogP contribution in [0.25, 0.3) is 16.6 Å². The Hall–Kier alpha value is -3.48. The van der Waals surface area contributed by atoms with E-state index < -0.39 is 17.6 Å². The monoisotopic (exact) mass is 407 g/mol. The SMILES string of the molecule is Cc1nc2ccccc2c(=O)n1-c1ccc(C(=O)O[C@@H](C)C(=O)NC(C)(C)C)cc1. The molecule has 0 aliphatic rings. The molecule has 2 aromatic carbocycles. The fourth-order valence-corrected chi connectivity index (χ4v) is 3.05. The van der Waals surface area contributed by atoms with Gasteiger partial charge >= 0.3 is 5.97 Å². The first kappa shape index (κ1) is 21.2. The third kappa shape index (κ3) is 4.56.